The van der Waals surface area contributed by atoms with Crippen LogP contribution in [0.4, 0.5) is 0 Å². The van der Waals surface area contributed by atoms with Crippen molar-refractivity contribution in [1.82, 2.24) is 15.1 Å². The Bertz CT molecular complexity index is 696. The van der Waals surface area contributed by atoms with E-state index in [1.807, 2.05) is 7.05 Å². The van der Waals surface area contributed by atoms with Crippen molar-refractivity contribution in [1.29, 1.82) is 0 Å². The molecule has 1 aromatic carbocycles. The van der Waals surface area contributed by atoms with Gasteiger partial charge in [-0.3, -0.25) is 9.89 Å². The molecule has 0 radical (unpaired) electrons. The molecule has 168 valence electrons. The van der Waals surface area contributed by atoms with Gasteiger partial charge in [0.2, 0.25) is 0 Å². The van der Waals surface area contributed by atoms with Gasteiger partial charge in [0.25, 0.3) is 0 Å². The highest BCUT2D eigenvalue weighted by atomic mass is 127. The molecule has 7 heteroatoms. The number of rotatable bonds is 5. The number of fused-ring (bicyclic) bond motifs is 1. The molecule has 1 aromatic rings. The molecule has 0 aromatic heterocycles. The Hall–Kier alpha value is -0.900. The van der Waals surface area contributed by atoms with Crippen molar-refractivity contribution in [2.45, 2.75) is 57.4 Å². The number of guanidine groups is 1. The van der Waals surface area contributed by atoms with Crippen LogP contribution in [0.15, 0.2) is 29.3 Å². The van der Waals surface area contributed by atoms with E-state index in [1.165, 1.54) is 11.1 Å². The number of benzene rings is 1. The van der Waals surface area contributed by atoms with E-state index in [0.717, 1.165) is 77.6 Å². The predicted octanol–water partition coefficient (Wildman–Crippen LogP) is 2.90. The van der Waals surface area contributed by atoms with Crippen LogP contribution in [-0.2, 0) is 22.4 Å². The summed E-state index contributed by atoms with van der Waals surface area (Å²) in [6.07, 6.45) is 4.94. The molecule has 3 unspecified atom stereocenters. The third kappa shape index (κ3) is 5.66. The molecule has 3 aliphatic heterocycles. The number of aliphatic imine (C=N–C) groups is 1. The second-order valence-electron chi connectivity index (χ2n) is 8.39. The van der Waals surface area contributed by atoms with Gasteiger partial charge < -0.3 is 19.7 Å². The SMILES string of the molecule is CCC(CNC(=NC)N1CCOC(C2CCCO2)C1)N1CCc2ccccc2C1.I. The lowest BCUT2D eigenvalue weighted by molar-refractivity contribution is -0.0817. The van der Waals surface area contributed by atoms with E-state index in [9.17, 15) is 0 Å². The second kappa shape index (κ2) is 11.6. The summed E-state index contributed by atoms with van der Waals surface area (Å²) in [4.78, 5) is 9.54. The second-order valence-corrected chi connectivity index (χ2v) is 8.39. The van der Waals surface area contributed by atoms with E-state index >= 15 is 0 Å². The van der Waals surface area contributed by atoms with Crippen LogP contribution < -0.4 is 5.32 Å². The van der Waals surface area contributed by atoms with E-state index in [1.54, 1.807) is 0 Å². The summed E-state index contributed by atoms with van der Waals surface area (Å²) in [5.41, 5.74) is 2.99. The monoisotopic (exact) mass is 528 g/mol. The zero-order valence-electron chi connectivity index (χ0n) is 18.4. The molecule has 30 heavy (non-hydrogen) atoms. The number of nitrogens with one attached hydrogen (secondary N) is 1. The molecule has 3 aliphatic rings. The van der Waals surface area contributed by atoms with Crippen LogP contribution in [0.2, 0.25) is 0 Å². The van der Waals surface area contributed by atoms with Gasteiger partial charge in [0.15, 0.2) is 5.96 Å². The normalized spacial score (nSPS) is 26.1. The third-order valence-corrected chi connectivity index (χ3v) is 6.63. The average molecular weight is 528 g/mol. The quantitative estimate of drug-likeness (QED) is 0.362. The lowest BCUT2D eigenvalue weighted by Crippen LogP contribution is -2.55. The van der Waals surface area contributed by atoms with Crippen molar-refractivity contribution in [3.63, 3.8) is 0 Å². The smallest absolute Gasteiger partial charge is 0.193 e. The van der Waals surface area contributed by atoms with Crippen molar-refractivity contribution >= 4 is 29.9 Å². The van der Waals surface area contributed by atoms with Gasteiger partial charge in [-0.05, 0) is 36.8 Å². The fourth-order valence-electron chi connectivity index (χ4n) is 4.89. The first kappa shape index (κ1) is 23.8. The number of ether oxygens (including phenoxy) is 2. The molecule has 4 rings (SSSR count). The van der Waals surface area contributed by atoms with E-state index in [4.69, 9.17) is 9.47 Å². The van der Waals surface area contributed by atoms with Gasteiger partial charge in [0.1, 0.15) is 6.10 Å². The summed E-state index contributed by atoms with van der Waals surface area (Å²) in [7, 11) is 1.89. The van der Waals surface area contributed by atoms with Crippen LogP contribution in [0.3, 0.4) is 0 Å². The Labute approximate surface area is 198 Å². The van der Waals surface area contributed by atoms with Gasteiger partial charge in [0.05, 0.1) is 12.7 Å². The topological polar surface area (TPSA) is 49.3 Å². The van der Waals surface area contributed by atoms with Crippen molar-refractivity contribution in [3.8, 4) is 0 Å². The van der Waals surface area contributed by atoms with Crippen LogP contribution in [0.1, 0.15) is 37.3 Å². The summed E-state index contributed by atoms with van der Waals surface area (Å²) in [5.74, 6) is 0.993. The van der Waals surface area contributed by atoms with Gasteiger partial charge in [-0.1, -0.05) is 31.2 Å². The Balaban J connectivity index is 0.00000256. The van der Waals surface area contributed by atoms with Crippen LogP contribution in [0.5, 0.6) is 0 Å². The molecule has 1 N–H and O–H groups in total. The van der Waals surface area contributed by atoms with Gasteiger partial charge in [-0.2, -0.15) is 0 Å². The minimum atomic E-state index is 0. The summed E-state index contributed by atoms with van der Waals surface area (Å²) in [6.45, 7) is 8.75. The highest BCUT2D eigenvalue weighted by molar-refractivity contribution is 14.0. The molecule has 2 fully saturated rings. The number of hydrogen-bond donors (Lipinski definition) is 1. The Morgan fingerprint density at radius 2 is 1.97 bits per heavy atom. The number of nitrogens with zero attached hydrogens (tertiary/aromatic N) is 3. The molecule has 2 saturated heterocycles. The molecule has 0 spiro atoms. The van der Waals surface area contributed by atoms with Crippen LogP contribution in [0.25, 0.3) is 0 Å². The fraction of sp³-hybridized carbons (Fsp3) is 0.696. The molecule has 3 heterocycles. The van der Waals surface area contributed by atoms with Crippen LogP contribution in [-0.4, -0.2) is 80.4 Å². The van der Waals surface area contributed by atoms with Crippen molar-refractivity contribution in [3.05, 3.63) is 35.4 Å². The number of hydrogen-bond acceptors (Lipinski definition) is 4. The largest absolute Gasteiger partial charge is 0.375 e. The van der Waals surface area contributed by atoms with Crippen molar-refractivity contribution in [2.24, 2.45) is 4.99 Å². The van der Waals surface area contributed by atoms with Crippen LogP contribution >= 0.6 is 24.0 Å². The first-order valence-electron chi connectivity index (χ1n) is 11.3. The van der Waals surface area contributed by atoms with Crippen LogP contribution in [0, 0.1) is 0 Å². The molecular weight excluding hydrogens is 491 g/mol. The number of morpholine rings is 1. The summed E-state index contributed by atoms with van der Waals surface area (Å²) < 4.78 is 11.9. The average Bonchev–Trinajstić information content (AvgIpc) is 3.32. The fourth-order valence-corrected chi connectivity index (χ4v) is 4.89. The third-order valence-electron chi connectivity index (χ3n) is 6.63. The van der Waals surface area contributed by atoms with E-state index < -0.39 is 0 Å². The van der Waals surface area contributed by atoms with Gasteiger partial charge in [-0.15, -0.1) is 24.0 Å². The predicted molar refractivity (Wildman–Crippen MR) is 132 cm³/mol. The lowest BCUT2D eigenvalue weighted by Gasteiger charge is -2.39. The highest BCUT2D eigenvalue weighted by Crippen LogP contribution is 2.22. The van der Waals surface area contributed by atoms with E-state index in [0.29, 0.717) is 6.04 Å². The van der Waals surface area contributed by atoms with Crippen molar-refractivity contribution in [2.75, 3.05) is 46.4 Å². The highest BCUT2D eigenvalue weighted by Gasteiger charge is 2.32. The van der Waals surface area contributed by atoms with Gasteiger partial charge in [-0.25, -0.2) is 0 Å². The maximum atomic E-state index is 6.00. The van der Waals surface area contributed by atoms with E-state index in [2.05, 4.69) is 51.3 Å². The van der Waals surface area contributed by atoms with E-state index in [-0.39, 0.29) is 36.2 Å². The zero-order valence-corrected chi connectivity index (χ0v) is 20.7. The van der Waals surface area contributed by atoms with Gasteiger partial charge in [0, 0.05) is 52.4 Å². The molecule has 0 aliphatic carbocycles. The summed E-state index contributed by atoms with van der Waals surface area (Å²) in [5, 5.41) is 3.66. The van der Waals surface area contributed by atoms with Crippen molar-refractivity contribution < 1.29 is 9.47 Å². The molecular formula is C23H37IN4O2. The molecule has 0 bridgehead atoms. The maximum Gasteiger partial charge on any atom is 0.193 e. The van der Waals surface area contributed by atoms with Gasteiger partial charge >= 0.3 is 0 Å². The Kier molecular flexibility index (Phi) is 9.22. The molecule has 0 amide bonds. The molecule has 0 saturated carbocycles. The standard InChI is InChI=1S/C23H36N4O2.HI/c1-3-20(26-11-10-18-7-4-5-8-19(18)16-26)15-25-23(24-2)27-12-14-29-22(17-27)21-9-6-13-28-21;/h4-5,7-8,20-22H,3,6,9-17H2,1-2H3,(H,24,25);1H. The summed E-state index contributed by atoms with van der Waals surface area (Å²) in [6, 6.07) is 9.38. The molecule has 6 nitrogen and oxygen atoms in total. The Morgan fingerprint density at radius 1 is 1.17 bits per heavy atom. The first-order chi connectivity index (χ1) is 14.3. The minimum absolute atomic E-state index is 0. The Morgan fingerprint density at radius 3 is 2.70 bits per heavy atom. The zero-order chi connectivity index (χ0) is 20.1. The summed E-state index contributed by atoms with van der Waals surface area (Å²) >= 11 is 0. The minimum Gasteiger partial charge on any atom is -0.375 e. The lowest BCUT2D eigenvalue weighted by atomic mass is 9.98. The number of halogens is 1. The first-order valence-corrected chi connectivity index (χ1v) is 11.3. The molecule has 3 atom stereocenters. The maximum absolute atomic E-state index is 6.00.